The normalized spacial score (nSPS) is 30.3. The third-order valence-corrected chi connectivity index (χ3v) is 5.36. The predicted molar refractivity (Wildman–Crippen MR) is 80.1 cm³/mol. The minimum Gasteiger partial charge on any atom is -0.387 e. The second-order valence-corrected chi connectivity index (χ2v) is 6.59. The molecule has 130 valence electrons. The number of nitrogens with one attached hydrogen (secondary N) is 1. The third kappa shape index (κ3) is 2.92. The lowest BCUT2D eigenvalue weighted by molar-refractivity contribution is -0.136. The Kier molecular flexibility index (Phi) is 4.52. The minimum atomic E-state index is -2.63. The van der Waals surface area contributed by atoms with Gasteiger partial charge in [-0.1, -0.05) is 0 Å². The van der Waals surface area contributed by atoms with Crippen LogP contribution in [0.2, 0.25) is 0 Å². The molecule has 9 heteroatoms. The first-order valence-corrected chi connectivity index (χ1v) is 7.96. The fraction of sp³-hybridized carbons (Fsp3) is 0.857. The SMILES string of the molecule is NC1(C2CN(C3CCN(C(=O)CO)CC3)C2)CNN=C1C(F)F. The lowest BCUT2D eigenvalue weighted by Gasteiger charge is -2.51. The summed E-state index contributed by atoms with van der Waals surface area (Å²) < 4.78 is 26.1. The van der Waals surface area contributed by atoms with Crippen LogP contribution in [0, 0.1) is 5.92 Å². The van der Waals surface area contributed by atoms with Crippen molar-refractivity contribution in [2.45, 2.75) is 30.8 Å². The molecular weight excluding hydrogens is 308 g/mol. The number of hydrogen-bond acceptors (Lipinski definition) is 6. The van der Waals surface area contributed by atoms with E-state index in [1.165, 1.54) is 0 Å². The summed E-state index contributed by atoms with van der Waals surface area (Å²) in [4.78, 5) is 15.4. The molecule has 0 aliphatic carbocycles. The van der Waals surface area contributed by atoms with E-state index in [1.807, 2.05) is 0 Å². The van der Waals surface area contributed by atoms with Gasteiger partial charge in [-0.3, -0.25) is 9.69 Å². The summed E-state index contributed by atoms with van der Waals surface area (Å²) in [5, 5.41) is 12.6. The second kappa shape index (κ2) is 6.29. The molecule has 1 unspecified atom stereocenters. The lowest BCUT2D eigenvalue weighted by atomic mass is 9.75. The number of hydrogen-bond donors (Lipinski definition) is 3. The molecule has 0 aromatic carbocycles. The van der Waals surface area contributed by atoms with Gasteiger partial charge in [0.15, 0.2) is 0 Å². The van der Waals surface area contributed by atoms with E-state index in [9.17, 15) is 13.6 Å². The van der Waals surface area contributed by atoms with Crippen LogP contribution in [0.1, 0.15) is 12.8 Å². The summed E-state index contributed by atoms with van der Waals surface area (Å²) in [5.74, 6) is -0.261. The van der Waals surface area contributed by atoms with Gasteiger partial charge in [-0.25, -0.2) is 8.78 Å². The van der Waals surface area contributed by atoms with Crippen LogP contribution >= 0.6 is 0 Å². The van der Waals surface area contributed by atoms with Crippen molar-refractivity contribution in [3.8, 4) is 0 Å². The van der Waals surface area contributed by atoms with Gasteiger partial charge < -0.3 is 21.2 Å². The van der Waals surface area contributed by atoms with Crippen molar-refractivity contribution in [2.24, 2.45) is 16.8 Å². The Labute approximate surface area is 133 Å². The Morgan fingerprint density at radius 3 is 2.65 bits per heavy atom. The van der Waals surface area contributed by atoms with Gasteiger partial charge in [0.2, 0.25) is 5.91 Å². The zero-order chi connectivity index (χ0) is 16.6. The maximum absolute atomic E-state index is 13.0. The molecule has 1 atom stereocenters. The highest BCUT2D eigenvalue weighted by atomic mass is 19.3. The molecule has 3 aliphatic heterocycles. The van der Waals surface area contributed by atoms with Gasteiger partial charge in [-0.2, -0.15) is 5.10 Å². The van der Waals surface area contributed by atoms with Crippen molar-refractivity contribution in [1.82, 2.24) is 15.2 Å². The molecule has 2 fully saturated rings. The van der Waals surface area contributed by atoms with E-state index < -0.39 is 18.6 Å². The lowest BCUT2D eigenvalue weighted by Crippen LogP contribution is -2.69. The Morgan fingerprint density at radius 1 is 1.43 bits per heavy atom. The molecule has 0 spiro atoms. The molecule has 3 aliphatic rings. The van der Waals surface area contributed by atoms with Gasteiger partial charge in [0.1, 0.15) is 12.3 Å². The van der Waals surface area contributed by atoms with E-state index in [0.29, 0.717) is 32.2 Å². The van der Waals surface area contributed by atoms with Crippen LogP contribution in [-0.2, 0) is 4.79 Å². The average Bonchev–Trinajstić information content (AvgIpc) is 2.88. The summed E-state index contributed by atoms with van der Waals surface area (Å²) in [6.07, 6.45) is -0.953. The zero-order valence-electron chi connectivity index (χ0n) is 12.9. The van der Waals surface area contributed by atoms with E-state index >= 15 is 0 Å². The molecular formula is C14H23F2N5O2. The van der Waals surface area contributed by atoms with E-state index in [1.54, 1.807) is 4.90 Å². The van der Waals surface area contributed by atoms with Crippen molar-refractivity contribution in [3.05, 3.63) is 0 Å². The fourth-order valence-electron chi connectivity index (χ4n) is 3.77. The number of amides is 1. The fourth-order valence-corrected chi connectivity index (χ4v) is 3.77. The van der Waals surface area contributed by atoms with Crippen LogP contribution in [0.3, 0.4) is 0 Å². The van der Waals surface area contributed by atoms with Crippen molar-refractivity contribution >= 4 is 11.6 Å². The number of alkyl halides is 2. The van der Waals surface area contributed by atoms with Gasteiger partial charge in [-0.05, 0) is 12.8 Å². The number of likely N-dealkylation sites (tertiary alicyclic amines) is 2. The minimum absolute atomic E-state index is 0.0256. The highest BCUT2D eigenvalue weighted by Gasteiger charge is 2.52. The number of halogens is 2. The maximum Gasteiger partial charge on any atom is 0.280 e. The Morgan fingerprint density at radius 2 is 2.09 bits per heavy atom. The standard InChI is InChI=1S/C14H23F2N5O2/c15-13(16)12-14(17,8-18-19-12)9-5-21(6-9)10-1-3-20(4-2-10)11(23)7-22/h9-10,13,18,22H,1-8,17H2. The Balaban J connectivity index is 1.50. The van der Waals surface area contributed by atoms with Gasteiger partial charge in [-0.15, -0.1) is 0 Å². The topological polar surface area (TPSA) is 94.2 Å². The largest absolute Gasteiger partial charge is 0.387 e. The summed E-state index contributed by atoms with van der Waals surface area (Å²) in [6.45, 7) is 2.43. The van der Waals surface area contributed by atoms with E-state index in [2.05, 4.69) is 15.4 Å². The molecule has 0 saturated carbocycles. The quantitative estimate of drug-likeness (QED) is 0.603. The number of piperidine rings is 1. The molecule has 0 bridgehead atoms. The molecule has 0 radical (unpaired) electrons. The number of nitrogens with zero attached hydrogens (tertiary/aromatic N) is 3. The highest BCUT2D eigenvalue weighted by molar-refractivity contribution is 5.97. The van der Waals surface area contributed by atoms with Crippen molar-refractivity contribution in [1.29, 1.82) is 0 Å². The van der Waals surface area contributed by atoms with Crippen molar-refractivity contribution in [2.75, 3.05) is 39.3 Å². The van der Waals surface area contributed by atoms with Gasteiger partial charge in [0.05, 0.1) is 12.1 Å². The third-order valence-electron chi connectivity index (χ3n) is 5.36. The number of aliphatic hydroxyl groups excluding tert-OH is 1. The van der Waals surface area contributed by atoms with Crippen LogP contribution < -0.4 is 11.2 Å². The molecule has 4 N–H and O–H groups in total. The average molecular weight is 331 g/mol. The van der Waals surface area contributed by atoms with Crippen LogP contribution in [0.5, 0.6) is 0 Å². The van der Waals surface area contributed by atoms with Crippen LogP contribution in [-0.4, -0.2) is 83.9 Å². The van der Waals surface area contributed by atoms with Crippen molar-refractivity contribution in [3.63, 3.8) is 0 Å². The van der Waals surface area contributed by atoms with Gasteiger partial charge >= 0.3 is 0 Å². The van der Waals surface area contributed by atoms with Crippen LogP contribution in [0.15, 0.2) is 5.10 Å². The number of carbonyl (C=O) groups excluding carboxylic acids is 1. The number of hydrazone groups is 1. The van der Waals surface area contributed by atoms with E-state index in [-0.39, 0.29) is 24.1 Å². The summed E-state index contributed by atoms with van der Waals surface area (Å²) in [7, 11) is 0. The second-order valence-electron chi connectivity index (χ2n) is 6.59. The number of rotatable bonds is 4. The molecule has 3 rings (SSSR count). The monoisotopic (exact) mass is 331 g/mol. The first kappa shape index (κ1) is 16.5. The molecule has 1 amide bonds. The molecule has 7 nitrogen and oxygen atoms in total. The first-order valence-electron chi connectivity index (χ1n) is 7.96. The summed E-state index contributed by atoms with van der Waals surface area (Å²) in [6, 6.07) is 0.346. The van der Waals surface area contributed by atoms with Crippen LogP contribution in [0.4, 0.5) is 8.78 Å². The molecule has 23 heavy (non-hydrogen) atoms. The Hall–Kier alpha value is -1.32. The van der Waals surface area contributed by atoms with Crippen LogP contribution in [0.25, 0.3) is 0 Å². The summed E-state index contributed by atoms with van der Waals surface area (Å²) >= 11 is 0. The van der Waals surface area contributed by atoms with Gasteiger partial charge in [0.25, 0.3) is 6.43 Å². The number of carbonyl (C=O) groups is 1. The molecule has 0 aromatic rings. The van der Waals surface area contributed by atoms with Crippen molar-refractivity contribution < 1.29 is 18.7 Å². The maximum atomic E-state index is 13.0. The zero-order valence-corrected chi connectivity index (χ0v) is 12.9. The molecule has 0 aromatic heterocycles. The van der Waals surface area contributed by atoms with E-state index in [0.717, 1.165) is 12.8 Å². The number of nitrogens with two attached hydrogens (primary N) is 1. The smallest absolute Gasteiger partial charge is 0.280 e. The van der Waals surface area contributed by atoms with E-state index in [4.69, 9.17) is 10.8 Å². The Bertz CT molecular complexity index is 490. The number of aliphatic hydroxyl groups is 1. The highest BCUT2D eigenvalue weighted by Crippen LogP contribution is 2.34. The molecule has 2 saturated heterocycles. The first-order chi connectivity index (χ1) is 11.0. The van der Waals surface area contributed by atoms with Gasteiger partial charge in [0, 0.05) is 38.1 Å². The summed E-state index contributed by atoms with van der Waals surface area (Å²) in [5.41, 5.74) is 7.52. The predicted octanol–water partition coefficient (Wildman–Crippen LogP) is -1.18. The molecule has 3 heterocycles.